The Morgan fingerprint density at radius 2 is 2.20 bits per heavy atom. The SMILES string of the molecule is COC1CCCC1CN=C(N)NC1CC1. The third-order valence-corrected chi connectivity index (χ3v) is 3.32. The van der Waals surface area contributed by atoms with E-state index in [0.29, 0.717) is 24.0 Å². The molecule has 15 heavy (non-hydrogen) atoms. The van der Waals surface area contributed by atoms with Gasteiger partial charge in [0.2, 0.25) is 0 Å². The van der Waals surface area contributed by atoms with E-state index in [9.17, 15) is 0 Å². The molecule has 86 valence electrons. The quantitative estimate of drug-likeness (QED) is 0.536. The van der Waals surface area contributed by atoms with E-state index in [4.69, 9.17) is 10.5 Å². The first-order valence-electron chi connectivity index (χ1n) is 5.89. The van der Waals surface area contributed by atoms with Crippen LogP contribution in [-0.2, 0) is 4.74 Å². The predicted molar refractivity (Wildman–Crippen MR) is 60.8 cm³/mol. The third kappa shape index (κ3) is 3.09. The summed E-state index contributed by atoms with van der Waals surface area (Å²) < 4.78 is 5.42. The number of aliphatic imine (C=N–C) groups is 1. The average molecular weight is 211 g/mol. The second-order valence-electron chi connectivity index (χ2n) is 4.61. The van der Waals surface area contributed by atoms with E-state index in [0.717, 1.165) is 6.54 Å². The van der Waals surface area contributed by atoms with Gasteiger partial charge in [-0.15, -0.1) is 0 Å². The molecule has 0 heterocycles. The van der Waals surface area contributed by atoms with E-state index in [-0.39, 0.29) is 0 Å². The number of hydrogen-bond acceptors (Lipinski definition) is 2. The maximum atomic E-state index is 5.78. The summed E-state index contributed by atoms with van der Waals surface area (Å²) in [4.78, 5) is 4.39. The summed E-state index contributed by atoms with van der Waals surface area (Å²) in [6, 6.07) is 0.593. The number of rotatable bonds is 4. The largest absolute Gasteiger partial charge is 0.381 e. The Hall–Kier alpha value is -0.770. The van der Waals surface area contributed by atoms with Gasteiger partial charge in [-0.25, -0.2) is 0 Å². The van der Waals surface area contributed by atoms with Gasteiger partial charge in [0.1, 0.15) is 0 Å². The Balaban J connectivity index is 1.74. The summed E-state index contributed by atoms with van der Waals surface area (Å²) in [5, 5.41) is 3.20. The summed E-state index contributed by atoms with van der Waals surface area (Å²) in [5.74, 6) is 1.17. The van der Waals surface area contributed by atoms with Crippen LogP contribution in [0.4, 0.5) is 0 Å². The van der Waals surface area contributed by atoms with Crippen molar-refractivity contribution in [3.8, 4) is 0 Å². The fourth-order valence-corrected chi connectivity index (χ4v) is 2.22. The van der Waals surface area contributed by atoms with Crippen LogP contribution in [0, 0.1) is 5.92 Å². The van der Waals surface area contributed by atoms with Gasteiger partial charge in [-0.1, -0.05) is 6.42 Å². The number of methoxy groups -OCH3 is 1. The molecule has 2 unspecified atom stereocenters. The molecule has 0 aromatic rings. The van der Waals surface area contributed by atoms with Crippen LogP contribution in [0.5, 0.6) is 0 Å². The zero-order valence-electron chi connectivity index (χ0n) is 9.41. The van der Waals surface area contributed by atoms with E-state index < -0.39 is 0 Å². The summed E-state index contributed by atoms with van der Waals surface area (Å²) >= 11 is 0. The summed E-state index contributed by atoms with van der Waals surface area (Å²) in [5.41, 5.74) is 5.78. The number of ether oxygens (including phenoxy) is 1. The van der Waals surface area contributed by atoms with Crippen molar-refractivity contribution >= 4 is 5.96 Å². The minimum Gasteiger partial charge on any atom is -0.381 e. The molecule has 2 fully saturated rings. The number of nitrogens with one attached hydrogen (secondary N) is 1. The van der Waals surface area contributed by atoms with Gasteiger partial charge in [0, 0.05) is 25.6 Å². The van der Waals surface area contributed by atoms with Crippen molar-refractivity contribution in [1.82, 2.24) is 5.32 Å². The third-order valence-electron chi connectivity index (χ3n) is 3.32. The molecular weight excluding hydrogens is 190 g/mol. The highest BCUT2D eigenvalue weighted by molar-refractivity contribution is 5.78. The van der Waals surface area contributed by atoms with Crippen LogP contribution in [0.3, 0.4) is 0 Å². The van der Waals surface area contributed by atoms with Gasteiger partial charge in [0.15, 0.2) is 5.96 Å². The van der Waals surface area contributed by atoms with Crippen molar-refractivity contribution in [3.05, 3.63) is 0 Å². The van der Waals surface area contributed by atoms with E-state index in [1.54, 1.807) is 7.11 Å². The van der Waals surface area contributed by atoms with Gasteiger partial charge >= 0.3 is 0 Å². The Labute approximate surface area is 91.3 Å². The molecule has 0 aromatic carbocycles. The standard InChI is InChI=1S/C11H21N3O/c1-15-10-4-2-3-8(10)7-13-11(12)14-9-5-6-9/h8-10H,2-7H2,1H3,(H3,12,13,14). The Kier molecular flexibility index (Phi) is 3.46. The molecule has 4 heteroatoms. The predicted octanol–water partition coefficient (Wildman–Crippen LogP) is 0.868. The van der Waals surface area contributed by atoms with Crippen LogP contribution < -0.4 is 11.1 Å². The van der Waals surface area contributed by atoms with Gasteiger partial charge in [0.05, 0.1) is 6.10 Å². The highest BCUT2D eigenvalue weighted by atomic mass is 16.5. The summed E-state index contributed by atoms with van der Waals surface area (Å²) in [7, 11) is 1.79. The lowest BCUT2D eigenvalue weighted by molar-refractivity contribution is 0.0743. The molecule has 2 rings (SSSR count). The molecule has 0 saturated heterocycles. The molecule has 0 aliphatic heterocycles. The maximum Gasteiger partial charge on any atom is 0.188 e. The zero-order chi connectivity index (χ0) is 10.7. The highest BCUT2D eigenvalue weighted by Gasteiger charge is 2.27. The van der Waals surface area contributed by atoms with Crippen molar-refractivity contribution in [2.24, 2.45) is 16.6 Å². The highest BCUT2D eigenvalue weighted by Crippen LogP contribution is 2.27. The number of hydrogen-bond donors (Lipinski definition) is 2. The van der Waals surface area contributed by atoms with Gasteiger partial charge in [-0.05, 0) is 25.7 Å². The van der Waals surface area contributed by atoms with Gasteiger partial charge in [-0.3, -0.25) is 4.99 Å². The smallest absolute Gasteiger partial charge is 0.188 e. The zero-order valence-corrected chi connectivity index (χ0v) is 9.41. The maximum absolute atomic E-state index is 5.78. The van der Waals surface area contributed by atoms with Crippen molar-refractivity contribution in [2.75, 3.05) is 13.7 Å². The van der Waals surface area contributed by atoms with E-state index in [2.05, 4.69) is 10.3 Å². The first-order valence-corrected chi connectivity index (χ1v) is 5.89. The monoisotopic (exact) mass is 211 g/mol. The molecule has 2 aliphatic rings. The molecule has 0 amide bonds. The van der Waals surface area contributed by atoms with Gasteiger partial charge < -0.3 is 15.8 Å². The van der Waals surface area contributed by atoms with Crippen LogP contribution >= 0.6 is 0 Å². The number of nitrogens with two attached hydrogens (primary N) is 1. The topological polar surface area (TPSA) is 59.6 Å². The second kappa shape index (κ2) is 4.84. The molecule has 4 nitrogen and oxygen atoms in total. The minimum absolute atomic E-state index is 0.391. The lowest BCUT2D eigenvalue weighted by atomic mass is 10.1. The van der Waals surface area contributed by atoms with Crippen LogP contribution in [0.25, 0.3) is 0 Å². The van der Waals surface area contributed by atoms with Gasteiger partial charge in [0.25, 0.3) is 0 Å². The van der Waals surface area contributed by atoms with Crippen molar-refractivity contribution in [1.29, 1.82) is 0 Å². The first-order chi connectivity index (χ1) is 7.29. The summed E-state index contributed by atoms with van der Waals surface area (Å²) in [6.07, 6.45) is 6.52. The molecular formula is C11H21N3O. The minimum atomic E-state index is 0.391. The molecule has 2 atom stereocenters. The molecule has 0 radical (unpaired) electrons. The molecule has 2 aliphatic carbocycles. The Morgan fingerprint density at radius 1 is 1.40 bits per heavy atom. The lowest BCUT2D eigenvalue weighted by Gasteiger charge is -2.16. The van der Waals surface area contributed by atoms with Crippen LogP contribution in [-0.4, -0.2) is 31.8 Å². The number of guanidine groups is 1. The summed E-state index contributed by atoms with van der Waals surface area (Å²) in [6.45, 7) is 0.810. The lowest BCUT2D eigenvalue weighted by Crippen LogP contribution is -2.34. The fourth-order valence-electron chi connectivity index (χ4n) is 2.22. The Bertz CT molecular complexity index is 238. The molecule has 0 aromatic heterocycles. The molecule has 2 saturated carbocycles. The molecule has 0 bridgehead atoms. The Morgan fingerprint density at radius 3 is 2.87 bits per heavy atom. The van der Waals surface area contributed by atoms with Crippen LogP contribution in [0.1, 0.15) is 32.1 Å². The van der Waals surface area contributed by atoms with E-state index >= 15 is 0 Å². The van der Waals surface area contributed by atoms with Crippen LogP contribution in [0.2, 0.25) is 0 Å². The normalized spacial score (nSPS) is 31.9. The van der Waals surface area contributed by atoms with Crippen LogP contribution in [0.15, 0.2) is 4.99 Å². The van der Waals surface area contributed by atoms with Crippen molar-refractivity contribution in [3.63, 3.8) is 0 Å². The van der Waals surface area contributed by atoms with E-state index in [1.165, 1.54) is 32.1 Å². The molecule has 0 spiro atoms. The van der Waals surface area contributed by atoms with Gasteiger partial charge in [-0.2, -0.15) is 0 Å². The number of nitrogens with zero attached hydrogens (tertiary/aromatic N) is 1. The molecule has 3 N–H and O–H groups in total. The van der Waals surface area contributed by atoms with Crippen molar-refractivity contribution < 1.29 is 4.74 Å². The average Bonchev–Trinajstić information content (AvgIpc) is 2.92. The van der Waals surface area contributed by atoms with Crippen molar-refractivity contribution in [2.45, 2.75) is 44.2 Å². The second-order valence-corrected chi connectivity index (χ2v) is 4.61. The fraction of sp³-hybridized carbons (Fsp3) is 0.909. The first kappa shape index (κ1) is 10.7. The van der Waals surface area contributed by atoms with E-state index in [1.807, 2.05) is 0 Å².